The first-order valence-corrected chi connectivity index (χ1v) is 6.43. The molecule has 0 saturated carbocycles. The Bertz CT molecular complexity index is 183. The highest BCUT2D eigenvalue weighted by molar-refractivity contribution is 4.89. The Hall–Kier alpha value is -0.260. The van der Waals surface area contributed by atoms with Crippen LogP contribution in [-0.2, 0) is 0 Å². The lowest BCUT2D eigenvalue weighted by Crippen LogP contribution is -2.26. The van der Waals surface area contributed by atoms with Crippen molar-refractivity contribution >= 4 is 0 Å². The quantitative estimate of drug-likeness (QED) is 0.512. The third kappa shape index (κ3) is 6.02. The molecule has 0 aliphatic rings. The van der Waals surface area contributed by atoms with Gasteiger partial charge in [-0.2, -0.15) is 0 Å². The first-order valence-electron chi connectivity index (χ1n) is 6.43. The van der Waals surface area contributed by atoms with Gasteiger partial charge in [0.25, 0.3) is 0 Å². The van der Waals surface area contributed by atoms with Crippen LogP contribution in [0, 0.1) is 17.3 Å². The van der Waals surface area contributed by atoms with Gasteiger partial charge in [-0.25, -0.2) is 0 Å². The van der Waals surface area contributed by atoms with E-state index in [4.69, 9.17) is 0 Å². The number of allylic oxidation sites excluding steroid dienone is 1. The maximum Gasteiger partial charge on any atom is -0.0323 e. The summed E-state index contributed by atoms with van der Waals surface area (Å²) >= 11 is 0. The van der Waals surface area contributed by atoms with Gasteiger partial charge in [0, 0.05) is 0 Å². The zero-order valence-electron chi connectivity index (χ0n) is 11.7. The molecule has 2 unspecified atom stereocenters. The predicted octanol–water partition coefficient (Wildman–Crippen LogP) is 5.44. The first kappa shape index (κ1) is 14.7. The minimum Gasteiger partial charge on any atom is -0.100 e. The number of hydrogen-bond acceptors (Lipinski definition) is 0. The second-order valence-corrected chi connectivity index (χ2v) is 6.23. The molecule has 0 saturated heterocycles. The summed E-state index contributed by atoms with van der Waals surface area (Å²) in [5.74, 6) is 1.67. The van der Waals surface area contributed by atoms with E-state index in [-0.39, 0.29) is 0 Å². The van der Waals surface area contributed by atoms with Crippen LogP contribution in [0.1, 0.15) is 67.2 Å². The monoisotopic (exact) mass is 210 g/mol. The fraction of sp³-hybridized carbons (Fsp3) is 0.867. The summed E-state index contributed by atoms with van der Waals surface area (Å²) in [6, 6.07) is 0. The van der Waals surface area contributed by atoms with Gasteiger partial charge in [-0.15, -0.1) is 6.58 Å². The SMILES string of the molecule is C=C(C)CCC(C)C(CCC)C(C)(C)C. The lowest BCUT2D eigenvalue weighted by molar-refractivity contribution is 0.148. The van der Waals surface area contributed by atoms with Gasteiger partial charge in [-0.3, -0.25) is 0 Å². The Morgan fingerprint density at radius 1 is 1.20 bits per heavy atom. The Labute approximate surface area is 97.2 Å². The van der Waals surface area contributed by atoms with E-state index in [9.17, 15) is 0 Å². The molecule has 0 rings (SSSR count). The molecule has 15 heavy (non-hydrogen) atoms. The van der Waals surface area contributed by atoms with Gasteiger partial charge in [0.05, 0.1) is 0 Å². The van der Waals surface area contributed by atoms with Crippen LogP contribution >= 0.6 is 0 Å². The second kappa shape index (κ2) is 6.35. The maximum absolute atomic E-state index is 3.99. The Kier molecular flexibility index (Phi) is 6.24. The molecule has 0 aromatic carbocycles. The average molecular weight is 210 g/mol. The summed E-state index contributed by atoms with van der Waals surface area (Å²) in [6.07, 6.45) is 5.16. The zero-order valence-corrected chi connectivity index (χ0v) is 11.7. The van der Waals surface area contributed by atoms with E-state index in [0.29, 0.717) is 5.41 Å². The summed E-state index contributed by atoms with van der Waals surface area (Å²) in [5.41, 5.74) is 1.77. The van der Waals surface area contributed by atoms with Crippen LogP contribution in [0.15, 0.2) is 12.2 Å². The molecule has 0 aromatic rings. The second-order valence-electron chi connectivity index (χ2n) is 6.23. The molecular formula is C15H30. The highest BCUT2D eigenvalue weighted by Crippen LogP contribution is 2.37. The molecule has 0 heteroatoms. The van der Waals surface area contributed by atoms with Crippen molar-refractivity contribution in [1.82, 2.24) is 0 Å². The van der Waals surface area contributed by atoms with Gasteiger partial charge in [0.15, 0.2) is 0 Å². The molecule has 0 nitrogen and oxygen atoms in total. The molecule has 0 aliphatic heterocycles. The van der Waals surface area contributed by atoms with Crippen LogP contribution in [0.5, 0.6) is 0 Å². The van der Waals surface area contributed by atoms with Gasteiger partial charge in [0.2, 0.25) is 0 Å². The van der Waals surface area contributed by atoms with Crippen LogP contribution in [0.3, 0.4) is 0 Å². The van der Waals surface area contributed by atoms with Crippen LogP contribution in [-0.4, -0.2) is 0 Å². The van der Waals surface area contributed by atoms with E-state index >= 15 is 0 Å². The van der Waals surface area contributed by atoms with Gasteiger partial charge >= 0.3 is 0 Å². The molecule has 0 spiro atoms. The lowest BCUT2D eigenvalue weighted by Gasteiger charge is -2.35. The Morgan fingerprint density at radius 2 is 1.73 bits per heavy atom. The summed E-state index contributed by atoms with van der Waals surface area (Å²) in [5, 5.41) is 0. The lowest BCUT2D eigenvalue weighted by atomic mass is 9.70. The molecule has 90 valence electrons. The largest absolute Gasteiger partial charge is 0.100 e. The number of hydrogen-bond donors (Lipinski definition) is 0. The summed E-state index contributed by atoms with van der Waals surface area (Å²) in [6.45, 7) is 18.0. The fourth-order valence-corrected chi connectivity index (χ4v) is 2.56. The van der Waals surface area contributed by atoms with Crippen LogP contribution < -0.4 is 0 Å². The summed E-state index contributed by atoms with van der Waals surface area (Å²) in [4.78, 5) is 0. The van der Waals surface area contributed by atoms with E-state index < -0.39 is 0 Å². The molecule has 0 radical (unpaired) electrons. The molecule has 0 fully saturated rings. The molecule has 0 heterocycles. The summed E-state index contributed by atoms with van der Waals surface area (Å²) < 4.78 is 0. The minimum atomic E-state index is 0.449. The molecule has 0 bridgehead atoms. The molecular weight excluding hydrogens is 180 g/mol. The first-order chi connectivity index (χ1) is 6.79. The van der Waals surface area contributed by atoms with E-state index in [0.717, 1.165) is 11.8 Å². The zero-order chi connectivity index (χ0) is 12.1. The smallest absolute Gasteiger partial charge is 0.0323 e. The highest BCUT2D eigenvalue weighted by atomic mass is 14.3. The van der Waals surface area contributed by atoms with E-state index in [1.807, 2.05) is 0 Å². The summed E-state index contributed by atoms with van der Waals surface area (Å²) in [7, 11) is 0. The molecule has 0 aromatic heterocycles. The third-order valence-corrected chi connectivity index (χ3v) is 3.43. The third-order valence-electron chi connectivity index (χ3n) is 3.43. The fourth-order valence-electron chi connectivity index (χ4n) is 2.56. The van der Waals surface area contributed by atoms with Crippen molar-refractivity contribution in [3.05, 3.63) is 12.2 Å². The van der Waals surface area contributed by atoms with Crippen molar-refractivity contribution in [3.8, 4) is 0 Å². The van der Waals surface area contributed by atoms with E-state index in [1.54, 1.807) is 0 Å². The van der Waals surface area contributed by atoms with Crippen molar-refractivity contribution in [2.24, 2.45) is 17.3 Å². The molecule has 2 atom stereocenters. The van der Waals surface area contributed by atoms with Crippen molar-refractivity contribution in [2.75, 3.05) is 0 Å². The van der Waals surface area contributed by atoms with Crippen LogP contribution in [0.4, 0.5) is 0 Å². The number of rotatable bonds is 6. The topological polar surface area (TPSA) is 0 Å². The molecule has 0 amide bonds. The van der Waals surface area contributed by atoms with Crippen molar-refractivity contribution < 1.29 is 0 Å². The normalized spacial score (nSPS) is 16.1. The van der Waals surface area contributed by atoms with Gasteiger partial charge in [-0.1, -0.05) is 46.6 Å². The molecule has 0 aliphatic carbocycles. The van der Waals surface area contributed by atoms with Gasteiger partial charge in [0.1, 0.15) is 0 Å². The van der Waals surface area contributed by atoms with E-state index in [2.05, 4.69) is 48.1 Å². The Morgan fingerprint density at radius 3 is 2.07 bits per heavy atom. The van der Waals surface area contributed by atoms with E-state index in [1.165, 1.54) is 31.3 Å². The van der Waals surface area contributed by atoms with Crippen molar-refractivity contribution in [3.63, 3.8) is 0 Å². The van der Waals surface area contributed by atoms with Crippen molar-refractivity contribution in [1.29, 1.82) is 0 Å². The van der Waals surface area contributed by atoms with Crippen molar-refractivity contribution in [2.45, 2.75) is 67.2 Å². The average Bonchev–Trinajstić information content (AvgIpc) is 2.08. The minimum absolute atomic E-state index is 0.449. The predicted molar refractivity (Wildman–Crippen MR) is 71.1 cm³/mol. The Balaban J connectivity index is 4.29. The maximum atomic E-state index is 3.99. The van der Waals surface area contributed by atoms with Crippen LogP contribution in [0.25, 0.3) is 0 Å². The van der Waals surface area contributed by atoms with Gasteiger partial charge < -0.3 is 0 Å². The highest BCUT2D eigenvalue weighted by Gasteiger charge is 2.28. The molecule has 0 N–H and O–H groups in total. The van der Waals surface area contributed by atoms with Crippen LogP contribution in [0.2, 0.25) is 0 Å². The standard InChI is InChI=1S/C15H30/c1-8-9-14(15(5,6)7)13(4)11-10-12(2)3/h13-14H,2,8-11H2,1,3-7H3. The van der Waals surface area contributed by atoms with Gasteiger partial charge in [-0.05, 0) is 43.4 Å².